The minimum absolute atomic E-state index is 0.290. The van der Waals surface area contributed by atoms with Gasteiger partial charge in [0.1, 0.15) is 11.7 Å². The van der Waals surface area contributed by atoms with Crippen molar-refractivity contribution in [2.45, 2.75) is 20.3 Å². The lowest BCUT2D eigenvalue weighted by molar-refractivity contribution is -0.118. The first kappa shape index (κ1) is 11.2. The molecule has 1 aromatic rings. The van der Waals surface area contributed by atoms with E-state index in [9.17, 15) is 4.79 Å². The van der Waals surface area contributed by atoms with Gasteiger partial charge in [-0.25, -0.2) is 4.98 Å². The molecule has 0 saturated heterocycles. The van der Waals surface area contributed by atoms with Gasteiger partial charge < -0.3 is 5.32 Å². The van der Waals surface area contributed by atoms with Crippen LogP contribution in [-0.2, 0) is 4.79 Å². The van der Waals surface area contributed by atoms with E-state index in [1.807, 2.05) is 19.1 Å². The summed E-state index contributed by atoms with van der Waals surface area (Å²) in [5.74, 6) is -0.371. The minimum Gasteiger partial charge on any atom is -0.309 e. The lowest BCUT2D eigenvalue weighted by Gasteiger charge is -2.08. The number of rotatable bonds is 3. The van der Waals surface area contributed by atoms with Crippen LogP contribution in [0.3, 0.4) is 0 Å². The van der Waals surface area contributed by atoms with E-state index in [1.54, 1.807) is 19.2 Å². The first-order valence-corrected chi connectivity index (χ1v) is 4.81. The third-order valence-corrected chi connectivity index (χ3v) is 2.13. The standard InChI is InChI=1S/C11H13N3O/c1-3-9(7-12)11(15)14-10-8(2)5-4-6-13-10/h4-6,9H,3H2,1-2H3,(H,13,14,15). The zero-order valence-electron chi connectivity index (χ0n) is 8.82. The summed E-state index contributed by atoms with van der Waals surface area (Å²) in [4.78, 5) is 15.6. The van der Waals surface area contributed by atoms with Crippen molar-refractivity contribution in [2.24, 2.45) is 5.92 Å². The van der Waals surface area contributed by atoms with Crippen molar-refractivity contribution >= 4 is 11.7 Å². The van der Waals surface area contributed by atoms with Gasteiger partial charge >= 0.3 is 0 Å². The molecule has 0 fully saturated rings. The highest BCUT2D eigenvalue weighted by Crippen LogP contribution is 2.11. The van der Waals surface area contributed by atoms with Crippen LogP contribution in [0.1, 0.15) is 18.9 Å². The second-order valence-electron chi connectivity index (χ2n) is 3.25. The highest BCUT2D eigenvalue weighted by atomic mass is 16.1. The van der Waals surface area contributed by atoms with Crippen LogP contribution in [0.4, 0.5) is 5.82 Å². The molecule has 1 aromatic heterocycles. The van der Waals surface area contributed by atoms with Gasteiger partial charge in [-0.05, 0) is 25.0 Å². The van der Waals surface area contributed by atoms with Crippen molar-refractivity contribution in [3.05, 3.63) is 23.9 Å². The van der Waals surface area contributed by atoms with E-state index in [1.165, 1.54) is 0 Å². The number of hydrogen-bond donors (Lipinski definition) is 1. The van der Waals surface area contributed by atoms with E-state index < -0.39 is 5.92 Å². The SMILES string of the molecule is CCC(C#N)C(=O)Nc1ncccc1C. The number of pyridine rings is 1. The van der Waals surface area contributed by atoms with Crippen LogP contribution in [0.15, 0.2) is 18.3 Å². The van der Waals surface area contributed by atoms with Crippen molar-refractivity contribution in [3.8, 4) is 6.07 Å². The van der Waals surface area contributed by atoms with Crippen LogP contribution in [-0.4, -0.2) is 10.9 Å². The van der Waals surface area contributed by atoms with Crippen molar-refractivity contribution in [2.75, 3.05) is 5.32 Å². The Morgan fingerprint density at radius 2 is 2.47 bits per heavy atom. The summed E-state index contributed by atoms with van der Waals surface area (Å²) in [6.07, 6.45) is 2.12. The number of aryl methyl sites for hydroxylation is 1. The zero-order chi connectivity index (χ0) is 11.3. The van der Waals surface area contributed by atoms with E-state index in [4.69, 9.17) is 5.26 Å². The number of amides is 1. The third-order valence-electron chi connectivity index (χ3n) is 2.13. The summed E-state index contributed by atoms with van der Waals surface area (Å²) in [6.45, 7) is 3.66. The molecule has 4 heteroatoms. The summed E-state index contributed by atoms with van der Waals surface area (Å²) in [6, 6.07) is 5.61. The van der Waals surface area contributed by atoms with Crippen molar-refractivity contribution < 1.29 is 4.79 Å². The molecule has 0 spiro atoms. The van der Waals surface area contributed by atoms with Gasteiger partial charge in [0.05, 0.1) is 6.07 Å². The Labute approximate surface area is 88.9 Å². The van der Waals surface area contributed by atoms with Crippen molar-refractivity contribution in [1.29, 1.82) is 5.26 Å². The summed E-state index contributed by atoms with van der Waals surface area (Å²) in [5.41, 5.74) is 0.888. The first-order valence-electron chi connectivity index (χ1n) is 4.81. The highest BCUT2D eigenvalue weighted by Gasteiger charge is 2.16. The number of aromatic nitrogens is 1. The Morgan fingerprint density at radius 1 is 1.73 bits per heavy atom. The number of nitrogens with zero attached hydrogens (tertiary/aromatic N) is 2. The fourth-order valence-corrected chi connectivity index (χ4v) is 1.16. The number of nitriles is 1. The molecular weight excluding hydrogens is 190 g/mol. The Balaban J connectivity index is 2.75. The van der Waals surface area contributed by atoms with Gasteiger partial charge in [-0.3, -0.25) is 4.79 Å². The fourth-order valence-electron chi connectivity index (χ4n) is 1.16. The van der Waals surface area contributed by atoms with E-state index >= 15 is 0 Å². The van der Waals surface area contributed by atoms with Crippen LogP contribution >= 0.6 is 0 Å². The molecule has 1 rings (SSSR count). The summed E-state index contributed by atoms with van der Waals surface area (Å²) in [5, 5.41) is 11.4. The molecule has 0 saturated carbocycles. The Morgan fingerprint density at radius 3 is 3.00 bits per heavy atom. The van der Waals surface area contributed by atoms with Crippen LogP contribution in [0.2, 0.25) is 0 Å². The molecule has 0 aliphatic rings. The molecule has 0 radical (unpaired) electrons. The predicted molar refractivity (Wildman–Crippen MR) is 57.0 cm³/mol. The number of anilines is 1. The summed E-state index contributed by atoms with van der Waals surface area (Å²) in [7, 11) is 0. The summed E-state index contributed by atoms with van der Waals surface area (Å²) >= 11 is 0. The fraction of sp³-hybridized carbons (Fsp3) is 0.364. The predicted octanol–water partition coefficient (Wildman–Crippen LogP) is 1.88. The van der Waals surface area contributed by atoms with Crippen molar-refractivity contribution in [3.63, 3.8) is 0 Å². The second-order valence-corrected chi connectivity index (χ2v) is 3.25. The van der Waals surface area contributed by atoms with Crippen LogP contribution < -0.4 is 5.32 Å². The van der Waals surface area contributed by atoms with E-state index in [0.717, 1.165) is 5.56 Å². The van der Waals surface area contributed by atoms with Crippen LogP contribution in [0, 0.1) is 24.2 Å². The normalized spacial score (nSPS) is 11.5. The van der Waals surface area contributed by atoms with Gasteiger partial charge in [-0.1, -0.05) is 13.0 Å². The molecule has 0 aliphatic heterocycles. The quantitative estimate of drug-likeness (QED) is 0.815. The number of nitrogens with one attached hydrogen (secondary N) is 1. The molecule has 0 aromatic carbocycles. The lowest BCUT2D eigenvalue weighted by atomic mass is 10.1. The molecule has 1 heterocycles. The third kappa shape index (κ3) is 2.78. The van der Waals surface area contributed by atoms with Crippen LogP contribution in [0.5, 0.6) is 0 Å². The van der Waals surface area contributed by atoms with Crippen molar-refractivity contribution in [1.82, 2.24) is 4.98 Å². The highest BCUT2D eigenvalue weighted by molar-refractivity contribution is 5.93. The van der Waals surface area contributed by atoms with Gasteiger partial charge in [0, 0.05) is 6.20 Å². The molecule has 1 unspecified atom stereocenters. The average Bonchev–Trinajstić information content (AvgIpc) is 2.23. The molecule has 78 valence electrons. The van der Waals surface area contributed by atoms with Gasteiger partial charge in [0.15, 0.2) is 0 Å². The van der Waals surface area contributed by atoms with Crippen LogP contribution in [0.25, 0.3) is 0 Å². The van der Waals surface area contributed by atoms with Gasteiger partial charge in [0.2, 0.25) is 5.91 Å². The monoisotopic (exact) mass is 203 g/mol. The Kier molecular flexibility index (Phi) is 3.81. The number of hydrogen-bond acceptors (Lipinski definition) is 3. The van der Waals surface area contributed by atoms with Gasteiger partial charge in [-0.2, -0.15) is 5.26 Å². The number of carbonyl (C=O) groups is 1. The van der Waals surface area contributed by atoms with E-state index in [0.29, 0.717) is 12.2 Å². The molecule has 1 N–H and O–H groups in total. The molecule has 4 nitrogen and oxygen atoms in total. The van der Waals surface area contributed by atoms with Gasteiger partial charge in [0.25, 0.3) is 0 Å². The molecule has 0 bridgehead atoms. The smallest absolute Gasteiger partial charge is 0.242 e. The van der Waals surface area contributed by atoms with E-state index in [-0.39, 0.29) is 5.91 Å². The topological polar surface area (TPSA) is 65.8 Å². The minimum atomic E-state index is -0.605. The lowest BCUT2D eigenvalue weighted by Crippen LogP contribution is -2.21. The summed E-state index contributed by atoms with van der Waals surface area (Å²) < 4.78 is 0. The zero-order valence-corrected chi connectivity index (χ0v) is 8.82. The van der Waals surface area contributed by atoms with Gasteiger partial charge in [-0.15, -0.1) is 0 Å². The molecule has 0 aliphatic carbocycles. The molecular formula is C11H13N3O. The maximum absolute atomic E-state index is 11.6. The maximum Gasteiger partial charge on any atom is 0.242 e. The number of carbonyl (C=O) groups excluding carboxylic acids is 1. The first-order chi connectivity index (χ1) is 7.19. The maximum atomic E-state index is 11.6. The molecule has 1 amide bonds. The molecule has 1 atom stereocenters. The van der Waals surface area contributed by atoms with E-state index in [2.05, 4.69) is 10.3 Å². The average molecular weight is 203 g/mol. The molecule has 15 heavy (non-hydrogen) atoms. The largest absolute Gasteiger partial charge is 0.309 e. The Hall–Kier alpha value is -1.89. The Bertz CT molecular complexity index is 395. The second kappa shape index (κ2) is 5.11.